The molecule has 1 N–H and O–H groups in total. The van der Waals surface area contributed by atoms with Gasteiger partial charge in [-0.15, -0.1) is 16.4 Å². The van der Waals surface area contributed by atoms with Gasteiger partial charge < -0.3 is 10.0 Å². The summed E-state index contributed by atoms with van der Waals surface area (Å²) >= 11 is 1.65. The van der Waals surface area contributed by atoms with Gasteiger partial charge in [-0.05, 0) is 36.6 Å². The Morgan fingerprint density at radius 3 is 3.12 bits per heavy atom. The molecule has 0 radical (unpaired) electrons. The summed E-state index contributed by atoms with van der Waals surface area (Å²) in [5.74, 6) is 0.326. The predicted octanol–water partition coefficient (Wildman–Crippen LogP) is 2.21. The normalized spacial score (nSPS) is 18.0. The molecule has 1 aliphatic heterocycles. The maximum Gasteiger partial charge on any atom is 0.358 e. The molecule has 1 saturated heterocycles. The summed E-state index contributed by atoms with van der Waals surface area (Å²) < 4.78 is 1.63. The molecular formula is C16H18N6O2S. The Morgan fingerprint density at radius 2 is 2.32 bits per heavy atom. The molecule has 8 nitrogen and oxygen atoms in total. The highest BCUT2D eigenvalue weighted by Gasteiger charge is 2.24. The number of nitrogens with zero attached hydrogens (tertiary/aromatic N) is 6. The summed E-state index contributed by atoms with van der Waals surface area (Å²) in [6.07, 6.45) is 5.27. The smallest absolute Gasteiger partial charge is 0.358 e. The van der Waals surface area contributed by atoms with E-state index >= 15 is 0 Å². The Morgan fingerprint density at radius 1 is 1.44 bits per heavy atom. The fourth-order valence-corrected chi connectivity index (χ4v) is 4.28. The third-order valence-corrected chi connectivity index (χ3v) is 5.56. The van der Waals surface area contributed by atoms with Gasteiger partial charge >= 0.3 is 5.97 Å². The number of carboxylic acid groups (broad SMARTS) is 1. The molecule has 0 spiro atoms. The second kappa shape index (κ2) is 6.40. The number of carbonyl (C=O) groups is 1. The summed E-state index contributed by atoms with van der Waals surface area (Å²) in [4.78, 5) is 23.2. The largest absolute Gasteiger partial charge is 0.476 e. The van der Waals surface area contributed by atoms with Crippen molar-refractivity contribution in [2.24, 2.45) is 5.92 Å². The fourth-order valence-electron chi connectivity index (χ4n) is 3.39. The van der Waals surface area contributed by atoms with Crippen LogP contribution in [0.25, 0.3) is 10.2 Å². The maximum atomic E-state index is 10.9. The van der Waals surface area contributed by atoms with E-state index in [1.165, 1.54) is 11.8 Å². The first kappa shape index (κ1) is 15.9. The van der Waals surface area contributed by atoms with Crippen LogP contribution in [0.3, 0.4) is 0 Å². The number of rotatable bonds is 4. The molecule has 9 heteroatoms. The van der Waals surface area contributed by atoms with Crippen molar-refractivity contribution in [2.45, 2.75) is 26.3 Å². The van der Waals surface area contributed by atoms with Crippen LogP contribution >= 0.6 is 11.3 Å². The Kier molecular flexibility index (Phi) is 4.08. The van der Waals surface area contributed by atoms with Gasteiger partial charge in [-0.2, -0.15) is 0 Å². The van der Waals surface area contributed by atoms with Gasteiger partial charge in [0.25, 0.3) is 0 Å². The van der Waals surface area contributed by atoms with E-state index in [1.807, 2.05) is 0 Å². The molecule has 3 aromatic heterocycles. The maximum absolute atomic E-state index is 10.9. The number of hydrogen-bond donors (Lipinski definition) is 1. The van der Waals surface area contributed by atoms with Gasteiger partial charge in [0.15, 0.2) is 5.69 Å². The van der Waals surface area contributed by atoms with Gasteiger partial charge in [-0.3, -0.25) is 4.68 Å². The lowest BCUT2D eigenvalue weighted by Gasteiger charge is -2.33. The molecule has 1 fully saturated rings. The first-order valence-electron chi connectivity index (χ1n) is 8.19. The highest BCUT2D eigenvalue weighted by Crippen LogP contribution is 2.33. The van der Waals surface area contributed by atoms with Crippen LogP contribution in [0.15, 0.2) is 17.9 Å². The fraction of sp³-hybridized carbons (Fsp3) is 0.438. The van der Waals surface area contributed by atoms with Crippen molar-refractivity contribution in [2.75, 3.05) is 18.0 Å². The zero-order valence-electron chi connectivity index (χ0n) is 13.8. The molecule has 25 heavy (non-hydrogen) atoms. The van der Waals surface area contributed by atoms with Gasteiger partial charge in [0.05, 0.1) is 11.6 Å². The van der Waals surface area contributed by atoms with E-state index in [4.69, 9.17) is 5.11 Å². The molecule has 130 valence electrons. The molecule has 0 aliphatic carbocycles. The third kappa shape index (κ3) is 3.07. The van der Waals surface area contributed by atoms with E-state index < -0.39 is 5.97 Å². The summed E-state index contributed by atoms with van der Waals surface area (Å²) in [7, 11) is 0. The average molecular weight is 358 g/mol. The van der Waals surface area contributed by atoms with Gasteiger partial charge in [-0.1, -0.05) is 5.21 Å². The second-order valence-corrected chi connectivity index (χ2v) is 7.24. The first-order chi connectivity index (χ1) is 12.1. The minimum absolute atomic E-state index is 0.0147. The van der Waals surface area contributed by atoms with Crippen LogP contribution in [-0.2, 0) is 6.54 Å². The molecular weight excluding hydrogens is 340 g/mol. The number of aryl methyl sites for hydroxylation is 1. The van der Waals surface area contributed by atoms with Crippen LogP contribution in [0.1, 0.15) is 28.9 Å². The van der Waals surface area contributed by atoms with Gasteiger partial charge in [0, 0.05) is 19.6 Å². The predicted molar refractivity (Wildman–Crippen MR) is 94.1 cm³/mol. The zero-order chi connectivity index (χ0) is 17.4. The van der Waals surface area contributed by atoms with E-state index in [1.54, 1.807) is 22.3 Å². The minimum Gasteiger partial charge on any atom is -0.476 e. The molecule has 1 atom stereocenters. The number of carboxylic acids is 1. The Bertz CT molecular complexity index is 920. The molecule has 0 aromatic carbocycles. The lowest BCUT2D eigenvalue weighted by atomic mass is 9.97. The lowest BCUT2D eigenvalue weighted by Crippen LogP contribution is -2.37. The molecule has 0 unspecified atom stereocenters. The van der Waals surface area contributed by atoms with Crippen molar-refractivity contribution in [3.63, 3.8) is 0 Å². The van der Waals surface area contributed by atoms with Gasteiger partial charge in [-0.25, -0.2) is 14.8 Å². The van der Waals surface area contributed by atoms with E-state index in [-0.39, 0.29) is 5.69 Å². The quantitative estimate of drug-likeness (QED) is 0.763. The first-order valence-corrected chi connectivity index (χ1v) is 9.07. The van der Waals surface area contributed by atoms with Gasteiger partial charge in [0.2, 0.25) is 0 Å². The van der Waals surface area contributed by atoms with Crippen LogP contribution in [0, 0.1) is 12.8 Å². The SMILES string of the molecule is Cc1csc2ncnc(N3CCC[C@H](Cn4cc(C(=O)O)nn4)C3)c12. The van der Waals surface area contributed by atoms with E-state index in [9.17, 15) is 4.79 Å². The van der Waals surface area contributed by atoms with Crippen LogP contribution < -0.4 is 4.90 Å². The third-order valence-electron chi connectivity index (χ3n) is 4.56. The van der Waals surface area contributed by atoms with Crippen LogP contribution in [0.4, 0.5) is 5.82 Å². The molecule has 3 aromatic rings. The topological polar surface area (TPSA) is 97.0 Å². The van der Waals surface area contributed by atoms with Crippen molar-refractivity contribution in [3.05, 3.63) is 29.2 Å². The molecule has 0 bridgehead atoms. The summed E-state index contributed by atoms with van der Waals surface area (Å²) in [6.45, 7) is 4.59. The van der Waals surface area contributed by atoms with Crippen LogP contribution in [0.5, 0.6) is 0 Å². The van der Waals surface area contributed by atoms with E-state index in [0.29, 0.717) is 12.5 Å². The number of thiophene rings is 1. The average Bonchev–Trinajstić information content (AvgIpc) is 3.22. The molecule has 1 aliphatic rings. The highest BCUT2D eigenvalue weighted by molar-refractivity contribution is 7.17. The number of aromatic nitrogens is 5. The van der Waals surface area contributed by atoms with Crippen LogP contribution in [0.2, 0.25) is 0 Å². The van der Waals surface area contributed by atoms with Crippen molar-refractivity contribution >= 4 is 33.3 Å². The lowest BCUT2D eigenvalue weighted by molar-refractivity contribution is 0.0690. The standard InChI is InChI=1S/C16H18N6O2S/c1-10-8-25-15-13(10)14(17-9-18-15)21-4-2-3-11(5-21)6-22-7-12(16(23)24)19-20-22/h7-9,11H,2-6H2,1H3,(H,23,24)/t11-/m0/s1. The number of anilines is 1. The Hall–Kier alpha value is -2.55. The molecule has 0 saturated carbocycles. The van der Waals surface area contributed by atoms with Crippen molar-refractivity contribution in [1.82, 2.24) is 25.0 Å². The Labute approximate surface area is 148 Å². The van der Waals surface area contributed by atoms with Gasteiger partial charge in [0.1, 0.15) is 17.0 Å². The molecule has 4 rings (SSSR count). The summed E-state index contributed by atoms with van der Waals surface area (Å²) in [6, 6.07) is 0. The Balaban J connectivity index is 1.54. The number of hydrogen-bond acceptors (Lipinski definition) is 7. The van der Waals surface area contributed by atoms with Crippen molar-refractivity contribution < 1.29 is 9.90 Å². The summed E-state index contributed by atoms with van der Waals surface area (Å²) in [5, 5.41) is 19.8. The minimum atomic E-state index is -1.05. The zero-order valence-corrected chi connectivity index (χ0v) is 14.6. The van der Waals surface area contributed by atoms with Crippen molar-refractivity contribution in [1.29, 1.82) is 0 Å². The summed E-state index contributed by atoms with van der Waals surface area (Å²) in [5.41, 5.74) is 1.19. The van der Waals surface area contributed by atoms with Crippen molar-refractivity contribution in [3.8, 4) is 0 Å². The molecule has 4 heterocycles. The van der Waals surface area contributed by atoms with E-state index in [0.717, 1.165) is 42.0 Å². The second-order valence-electron chi connectivity index (χ2n) is 6.38. The monoisotopic (exact) mass is 358 g/mol. The van der Waals surface area contributed by atoms with Crippen LogP contribution in [-0.4, -0.2) is 49.1 Å². The number of fused-ring (bicyclic) bond motifs is 1. The number of piperidine rings is 1. The van der Waals surface area contributed by atoms with E-state index in [2.05, 4.69) is 37.5 Å². The number of aromatic carboxylic acids is 1. The molecule has 0 amide bonds. The highest BCUT2D eigenvalue weighted by atomic mass is 32.1.